The fraction of sp³-hybridized carbons (Fsp3) is 0.208. The summed E-state index contributed by atoms with van der Waals surface area (Å²) in [4.78, 5) is 25.9. The number of carbonyl (C=O) groups excluding carboxylic acids is 1. The van der Waals surface area contributed by atoms with Crippen LogP contribution in [0.5, 0.6) is 5.75 Å². The van der Waals surface area contributed by atoms with Gasteiger partial charge >= 0.3 is 0 Å². The van der Waals surface area contributed by atoms with Gasteiger partial charge in [-0.25, -0.2) is 0 Å². The van der Waals surface area contributed by atoms with E-state index in [1.165, 1.54) is 6.08 Å². The molecular weight excluding hydrogens is 458 g/mol. The third-order valence-corrected chi connectivity index (χ3v) is 5.39. The van der Waals surface area contributed by atoms with Crippen LogP contribution >= 0.6 is 11.6 Å². The first-order chi connectivity index (χ1) is 16.6. The van der Waals surface area contributed by atoms with Crippen molar-refractivity contribution in [3.05, 3.63) is 69.9 Å². The average molecular weight is 480 g/mol. The predicted molar refractivity (Wildman–Crippen MR) is 130 cm³/mol. The van der Waals surface area contributed by atoms with Gasteiger partial charge in [-0.15, -0.1) is 21.8 Å². The van der Waals surface area contributed by atoms with E-state index in [4.69, 9.17) is 26.5 Å². The van der Waals surface area contributed by atoms with Crippen molar-refractivity contribution in [3.8, 4) is 17.3 Å². The minimum absolute atomic E-state index is 0.00672. The van der Waals surface area contributed by atoms with Crippen LogP contribution in [-0.2, 0) is 0 Å². The number of tetrazole rings is 1. The van der Waals surface area contributed by atoms with Crippen LogP contribution in [0.1, 0.15) is 35.2 Å². The first-order valence-corrected chi connectivity index (χ1v) is 11.2. The Kier molecular flexibility index (Phi) is 7.34. The van der Waals surface area contributed by atoms with E-state index in [9.17, 15) is 9.59 Å². The molecule has 0 unspecified atom stereocenters. The number of rotatable bonds is 10. The van der Waals surface area contributed by atoms with Gasteiger partial charge in [-0.3, -0.25) is 9.59 Å². The summed E-state index contributed by atoms with van der Waals surface area (Å²) in [5.74, 6) is 1.11. The topological polar surface area (TPSA) is 137 Å². The van der Waals surface area contributed by atoms with Crippen LogP contribution < -0.4 is 15.9 Å². The highest BCUT2D eigenvalue weighted by atomic mass is 35.5. The lowest BCUT2D eigenvalue weighted by Crippen LogP contribution is -2.13. The number of hydrogen-bond acceptors (Lipinski definition) is 8. The van der Waals surface area contributed by atoms with Crippen LogP contribution in [0.4, 0.5) is 5.69 Å². The number of aromatic nitrogens is 4. The van der Waals surface area contributed by atoms with Gasteiger partial charge in [0.15, 0.2) is 5.78 Å². The number of allylic oxidation sites excluding steroid dienone is 1. The van der Waals surface area contributed by atoms with Crippen molar-refractivity contribution in [2.75, 3.05) is 18.2 Å². The molecule has 2 aromatic carbocycles. The maximum Gasteiger partial charge on any atom is 0.242 e. The number of alkyl halides is 1. The summed E-state index contributed by atoms with van der Waals surface area (Å²) in [6, 6.07) is 12.2. The molecule has 4 rings (SSSR count). The molecule has 0 bridgehead atoms. The summed E-state index contributed by atoms with van der Waals surface area (Å²) in [6.45, 7) is 0.631. The minimum Gasteiger partial charge on any atom is -0.494 e. The summed E-state index contributed by atoms with van der Waals surface area (Å²) >= 11 is 5.67. The van der Waals surface area contributed by atoms with E-state index >= 15 is 0 Å². The zero-order valence-electron chi connectivity index (χ0n) is 18.2. The molecule has 9 nitrogen and oxygen atoms in total. The van der Waals surface area contributed by atoms with E-state index < -0.39 is 5.43 Å². The smallest absolute Gasteiger partial charge is 0.242 e. The van der Waals surface area contributed by atoms with Gasteiger partial charge in [0.05, 0.1) is 12.0 Å². The Hall–Kier alpha value is -3.98. The average Bonchev–Trinajstić information content (AvgIpc) is 3.40. The van der Waals surface area contributed by atoms with Crippen molar-refractivity contribution in [3.63, 3.8) is 0 Å². The molecule has 0 amide bonds. The molecule has 3 N–H and O–H groups in total. The standard InChI is InChI=1S/C24H22ClN5O4/c25-13-2-1-3-14-33-16-10-7-15(8-11-16)9-12-18(31)17-5-4-6-19-20(17)22(32)21(26)23(34-19)24-27-29-30-28-24/h4-12H,1-3,13-14,26H2,(H,27,28,29,30). The zero-order chi connectivity index (χ0) is 23.9. The number of nitrogen functional groups attached to an aromatic ring is 1. The number of nitrogens with one attached hydrogen (secondary N) is 1. The molecular formula is C24H22ClN5O4. The monoisotopic (exact) mass is 479 g/mol. The van der Waals surface area contributed by atoms with Crippen molar-refractivity contribution < 1.29 is 13.9 Å². The summed E-state index contributed by atoms with van der Waals surface area (Å²) in [5, 5.41) is 13.4. The molecule has 0 atom stereocenters. The van der Waals surface area contributed by atoms with E-state index in [1.807, 2.05) is 24.3 Å². The first-order valence-electron chi connectivity index (χ1n) is 10.7. The number of benzene rings is 2. The van der Waals surface area contributed by atoms with Crippen molar-refractivity contribution in [2.24, 2.45) is 0 Å². The van der Waals surface area contributed by atoms with E-state index in [1.54, 1.807) is 24.3 Å². The van der Waals surface area contributed by atoms with E-state index in [2.05, 4.69) is 20.6 Å². The van der Waals surface area contributed by atoms with Gasteiger partial charge in [0.25, 0.3) is 0 Å². The van der Waals surface area contributed by atoms with Gasteiger partial charge < -0.3 is 14.9 Å². The number of aromatic amines is 1. The van der Waals surface area contributed by atoms with Gasteiger partial charge in [0.2, 0.25) is 17.0 Å². The second kappa shape index (κ2) is 10.8. The fourth-order valence-electron chi connectivity index (χ4n) is 3.38. The molecule has 0 spiro atoms. The van der Waals surface area contributed by atoms with Crippen LogP contribution in [0.3, 0.4) is 0 Å². The Morgan fingerprint density at radius 3 is 2.71 bits per heavy atom. The number of carbonyl (C=O) groups is 1. The number of nitrogens with two attached hydrogens (primary N) is 1. The number of fused-ring (bicyclic) bond motifs is 1. The Morgan fingerprint density at radius 2 is 1.97 bits per heavy atom. The largest absolute Gasteiger partial charge is 0.494 e. The summed E-state index contributed by atoms with van der Waals surface area (Å²) in [7, 11) is 0. The first kappa shape index (κ1) is 23.2. The van der Waals surface area contributed by atoms with Gasteiger partial charge in [0, 0.05) is 11.4 Å². The Morgan fingerprint density at radius 1 is 1.15 bits per heavy atom. The predicted octanol–water partition coefficient (Wildman–Crippen LogP) is 4.24. The quantitative estimate of drug-likeness (QED) is 0.149. The third kappa shape index (κ3) is 5.15. The van der Waals surface area contributed by atoms with Crippen LogP contribution in [0.15, 0.2) is 57.8 Å². The molecule has 174 valence electrons. The SMILES string of the molecule is Nc1c(-c2nn[nH]n2)oc2cccc(C(=O)C=Cc3ccc(OCCCCCCl)cc3)c2c1=O. The summed E-state index contributed by atoms with van der Waals surface area (Å²) in [6.07, 6.45) is 6.03. The lowest BCUT2D eigenvalue weighted by atomic mass is 10.0. The van der Waals surface area contributed by atoms with Crippen molar-refractivity contribution in [1.82, 2.24) is 20.6 Å². The normalized spacial score (nSPS) is 11.3. The number of ketones is 1. The maximum absolute atomic E-state index is 13.0. The highest BCUT2D eigenvalue weighted by molar-refractivity contribution is 6.17. The molecule has 0 radical (unpaired) electrons. The lowest BCUT2D eigenvalue weighted by molar-refractivity contribution is 0.104. The van der Waals surface area contributed by atoms with Crippen LogP contribution in [0.25, 0.3) is 28.6 Å². The molecule has 10 heteroatoms. The van der Waals surface area contributed by atoms with Gasteiger partial charge in [-0.1, -0.05) is 30.3 Å². The molecule has 0 saturated heterocycles. The van der Waals surface area contributed by atoms with Gasteiger partial charge in [0.1, 0.15) is 17.0 Å². The number of anilines is 1. The van der Waals surface area contributed by atoms with Crippen molar-refractivity contribution in [2.45, 2.75) is 19.3 Å². The Bertz CT molecular complexity index is 1360. The van der Waals surface area contributed by atoms with Crippen LogP contribution in [0.2, 0.25) is 0 Å². The molecule has 0 aliphatic heterocycles. The molecule has 0 aliphatic rings. The maximum atomic E-state index is 13.0. The second-order valence-electron chi connectivity index (χ2n) is 7.45. The number of halogens is 1. The summed E-state index contributed by atoms with van der Waals surface area (Å²) in [5.41, 5.74) is 6.44. The molecule has 0 fully saturated rings. The summed E-state index contributed by atoms with van der Waals surface area (Å²) < 4.78 is 11.4. The number of ether oxygens (including phenoxy) is 1. The molecule has 0 aliphatic carbocycles. The minimum atomic E-state index is -0.536. The highest BCUT2D eigenvalue weighted by Crippen LogP contribution is 2.26. The van der Waals surface area contributed by atoms with E-state index in [0.29, 0.717) is 12.5 Å². The number of nitrogens with zero attached hydrogens (tertiary/aromatic N) is 3. The molecule has 2 heterocycles. The van der Waals surface area contributed by atoms with Gasteiger partial charge in [-0.05, 0) is 54.3 Å². The second-order valence-corrected chi connectivity index (χ2v) is 7.83. The lowest BCUT2D eigenvalue weighted by Gasteiger charge is -2.07. The van der Waals surface area contributed by atoms with Crippen LogP contribution in [0, 0.1) is 0 Å². The number of unbranched alkanes of at least 4 members (excludes halogenated alkanes) is 2. The fourth-order valence-corrected chi connectivity index (χ4v) is 3.57. The number of hydrogen-bond donors (Lipinski definition) is 2. The molecule has 0 saturated carbocycles. The molecule has 34 heavy (non-hydrogen) atoms. The molecule has 4 aromatic rings. The number of H-pyrrole nitrogens is 1. The van der Waals surface area contributed by atoms with Crippen LogP contribution in [-0.4, -0.2) is 38.9 Å². The zero-order valence-corrected chi connectivity index (χ0v) is 18.9. The van der Waals surface area contributed by atoms with Gasteiger partial charge in [-0.2, -0.15) is 5.21 Å². The van der Waals surface area contributed by atoms with E-state index in [-0.39, 0.29) is 39.6 Å². The third-order valence-electron chi connectivity index (χ3n) is 5.12. The van der Waals surface area contributed by atoms with Crippen molar-refractivity contribution in [1.29, 1.82) is 0 Å². The highest BCUT2D eigenvalue weighted by Gasteiger charge is 2.20. The Balaban J connectivity index is 1.52. The molecule has 2 aromatic heterocycles. The van der Waals surface area contributed by atoms with E-state index in [0.717, 1.165) is 30.6 Å². The van der Waals surface area contributed by atoms with Crippen molar-refractivity contribution >= 4 is 40.1 Å². The Labute approximate surface area is 199 Å².